The molecule has 0 saturated heterocycles. The molecule has 0 radical (unpaired) electrons. The van der Waals surface area contributed by atoms with E-state index in [4.69, 9.17) is 0 Å². The highest BCUT2D eigenvalue weighted by atomic mass is 32.1. The number of rotatable bonds is 3. The molecule has 0 saturated carbocycles. The van der Waals surface area contributed by atoms with Gasteiger partial charge in [0.2, 0.25) is 0 Å². The number of fused-ring (bicyclic) bond motifs is 1. The second-order valence-corrected chi connectivity index (χ2v) is 5.02. The van der Waals surface area contributed by atoms with Crippen LogP contribution in [-0.2, 0) is 7.05 Å². The van der Waals surface area contributed by atoms with Gasteiger partial charge < -0.3 is 5.32 Å². The normalized spacial score (nSPS) is 13.1. The molecule has 0 bridgehead atoms. The van der Waals surface area contributed by atoms with Crippen molar-refractivity contribution in [2.24, 2.45) is 7.05 Å². The van der Waals surface area contributed by atoms with Gasteiger partial charge >= 0.3 is 0 Å². The minimum Gasteiger partial charge on any atom is -0.352 e. The van der Waals surface area contributed by atoms with E-state index in [1.807, 2.05) is 20.9 Å². The van der Waals surface area contributed by atoms with Gasteiger partial charge in [0.15, 0.2) is 16.6 Å². The van der Waals surface area contributed by atoms with Crippen molar-refractivity contribution >= 4 is 26.8 Å². The van der Waals surface area contributed by atoms with Crippen molar-refractivity contribution in [1.82, 2.24) is 35.4 Å². The number of nitrogens with zero attached hydrogens (tertiary/aromatic N) is 6. The molecule has 0 aliphatic carbocycles. The Kier molecular flexibility index (Phi) is 2.47. The summed E-state index contributed by atoms with van der Waals surface area (Å²) in [5, 5.41) is 22.3. The summed E-state index contributed by atoms with van der Waals surface area (Å²) in [6, 6.07) is -0.0439. The zero-order valence-corrected chi connectivity index (χ0v) is 11.0. The van der Waals surface area contributed by atoms with Crippen LogP contribution in [0.3, 0.4) is 0 Å². The maximum absolute atomic E-state index is 4.50. The average Bonchev–Trinajstić information content (AvgIpc) is 3.00. The highest BCUT2D eigenvalue weighted by Crippen LogP contribution is 2.29. The molecular weight excluding hydrogens is 252 g/mol. The quantitative estimate of drug-likeness (QED) is 0.733. The number of aryl methyl sites for hydroxylation is 2. The van der Waals surface area contributed by atoms with Crippen molar-refractivity contribution in [3.63, 3.8) is 0 Å². The minimum atomic E-state index is -0.0439. The SMILES string of the molecule is Cc1nn(C)c2nc(N[C@H](C)c3nn[nH]n3)sc12. The number of anilines is 1. The van der Waals surface area contributed by atoms with Gasteiger partial charge in [-0.25, -0.2) is 9.67 Å². The van der Waals surface area contributed by atoms with Gasteiger partial charge in [0.05, 0.1) is 16.4 Å². The van der Waals surface area contributed by atoms with E-state index >= 15 is 0 Å². The topological polar surface area (TPSA) is 97.2 Å². The van der Waals surface area contributed by atoms with Gasteiger partial charge in [0.25, 0.3) is 0 Å². The monoisotopic (exact) mass is 264 g/mol. The minimum absolute atomic E-state index is 0.0439. The lowest BCUT2D eigenvalue weighted by Crippen LogP contribution is -2.08. The predicted octanol–water partition coefficient (Wildman–Crippen LogP) is 1.02. The fourth-order valence-corrected chi connectivity index (χ4v) is 2.77. The van der Waals surface area contributed by atoms with Gasteiger partial charge in [-0.15, -0.1) is 10.2 Å². The van der Waals surface area contributed by atoms with E-state index in [2.05, 4.69) is 36.0 Å². The Bertz CT molecular complexity index is 632. The molecule has 3 aromatic rings. The summed E-state index contributed by atoms with van der Waals surface area (Å²) in [7, 11) is 1.89. The van der Waals surface area contributed by atoms with Gasteiger partial charge in [-0.2, -0.15) is 10.3 Å². The Morgan fingerprint density at radius 3 is 2.94 bits per heavy atom. The van der Waals surface area contributed by atoms with Crippen LogP contribution in [0.15, 0.2) is 0 Å². The summed E-state index contributed by atoms with van der Waals surface area (Å²) in [6.45, 7) is 3.94. The molecule has 0 spiro atoms. The number of aromatic amines is 1. The fraction of sp³-hybridized carbons (Fsp3) is 0.444. The first-order chi connectivity index (χ1) is 8.65. The van der Waals surface area contributed by atoms with E-state index < -0.39 is 0 Å². The maximum Gasteiger partial charge on any atom is 0.196 e. The number of nitrogens with one attached hydrogen (secondary N) is 2. The Hall–Kier alpha value is -2.03. The van der Waals surface area contributed by atoms with Crippen molar-refractivity contribution in [3.05, 3.63) is 11.5 Å². The highest BCUT2D eigenvalue weighted by molar-refractivity contribution is 7.22. The Labute approximate surface area is 106 Å². The third-order valence-electron chi connectivity index (χ3n) is 2.63. The van der Waals surface area contributed by atoms with Crippen molar-refractivity contribution in [2.45, 2.75) is 19.9 Å². The molecule has 18 heavy (non-hydrogen) atoms. The van der Waals surface area contributed by atoms with Crippen molar-refractivity contribution < 1.29 is 0 Å². The lowest BCUT2D eigenvalue weighted by atomic mass is 10.3. The molecule has 3 aromatic heterocycles. The van der Waals surface area contributed by atoms with Crippen LogP contribution in [0.1, 0.15) is 24.5 Å². The van der Waals surface area contributed by atoms with Crippen LogP contribution >= 0.6 is 11.3 Å². The van der Waals surface area contributed by atoms with Crippen LogP contribution in [0, 0.1) is 6.92 Å². The van der Waals surface area contributed by atoms with E-state index in [1.165, 1.54) is 0 Å². The van der Waals surface area contributed by atoms with Crippen molar-refractivity contribution in [2.75, 3.05) is 5.32 Å². The van der Waals surface area contributed by atoms with Crippen LogP contribution in [-0.4, -0.2) is 35.4 Å². The Morgan fingerprint density at radius 2 is 2.28 bits per heavy atom. The van der Waals surface area contributed by atoms with Gasteiger partial charge in [-0.05, 0) is 13.8 Å². The zero-order valence-electron chi connectivity index (χ0n) is 10.2. The fourth-order valence-electron chi connectivity index (χ4n) is 1.75. The first-order valence-electron chi connectivity index (χ1n) is 5.45. The molecule has 3 rings (SSSR count). The molecule has 3 heterocycles. The smallest absolute Gasteiger partial charge is 0.196 e. The highest BCUT2D eigenvalue weighted by Gasteiger charge is 2.15. The molecule has 2 N–H and O–H groups in total. The van der Waals surface area contributed by atoms with Crippen LogP contribution in [0.2, 0.25) is 0 Å². The first-order valence-corrected chi connectivity index (χ1v) is 6.27. The lowest BCUT2D eigenvalue weighted by Gasteiger charge is -2.07. The summed E-state index contributed by atoms with van der Waals surface area (Å²) in [5.74, 6) is 0.615. The van der Waals surface area contributed by atoms with E-state index in [-0.39, 0.29) is 6.04 Å². The van der Waals surface area contributed by atoms with Gasteiger partial charge in [0, 0.05) is 7.05 Å². The number of hydrogen-bond acceptors (Lipinski definition) is 7. The number of thiazole rings is 1. The number of H-pyrrole nitrogens is 1. The van der Waals surface area contributed by atoms with Gasteiger partial charge in [-0.1, -0.05) is 16.6 Å². The van der Waals surface area contributed by atoms with Crippen molar-refractivity contribution in [3.8, 4) is 0 Å². The number of aromatic nitrogens is 7. The second-order valence-electron chi connectivity index (χ2n) is 4.02. The number of tetrazole rings is 1. The summed E-state index contributed by atoms with van der Waals surface area (Å²) in [5.41, 5.74) is 1.88. The van der Waals surface area contributed by atoms with E-state index in [0.717, 1.165) is 21.2 Å². The average molecular weight is 264 g/mol. The molecule has 9 heteroatoms. The molecule has 0 fully saturated rings. The first kappa shape index (κ1) is 11.1. The lowest BCUT2D eigenvalue weighted by molar-refractivity contribution is 0.770. The molecule has 94 valence electrons. The molecule has 0 amide bonds. The maximum atomic E-state index is 4.50. The molecular formula is C9H12N8S. The second kappa shape index (κ2) is 4.02. The standard InChI is InChI=1S/C9H12N8S/c1-4-6-8(17(3)14-4)11-9(18-6)10-5(2)7-12-15-16-13-7/h5H,1-3H3,(H,10,11)(H,12,13,15,16)/t5-/m1/s1. The largest absolute Gasteiger partial charge is 0.352 e. The summed E-state index contributed by atoms with van der Waals surface area (Å²) in [4.78, 5) is 4.50. The van der Waals surface area contributed by atoms with Crippen LogP contribution in [0.4, 0.5) is 5.13 Å². The van der Waals surface area contributed by atoms with Crippen LogP contribution < -0.4 is 5.32 Å². The molecule has 8 nitrogen and oxygen atoms in total. The van der Waals surface area contributed by atoms with Crippen LogP contribution in [0.5, 0.6) is 0 Å². The zero-order chi connectivity index (χ0) is 12.7. The van der Waals surface area contributed by atoms with Gasteiger partial charge in [0.1, 0.15) is 0 Å². The Morgan fingerprint density at radius 1 is 1.44 bits per heavy atom. The summed E-state index contributed by atoms with van der Waals surface area (Å²) in [6.07, 6.45) is 0. The van der Waals surface area contributed by atoms with Gasteiger partial charge in [-0.3, -0.25) is 0 Å². The molecule has 0 aliphatic rings. The molecule has 0 unspecified atom stereocenters. The van der Waals surface area contributed by atoms with E-state index in [1.54, 1.807) is 16.0 Å². The van der Waals surface area contributed by atoms with Crippen molar-refractivity contribution in [1.29, 1.82) is 0 Å². The summed E-state index contributed by atoms with van der Waals surface area (Å²) >= 11 is 1.58. The third kappa shape index (κ3) is 1.72. The van der Waals surface area contributed by atoms with Crippen LogP contribution in [0.25, 0.3) is 10.3 Å². The van der Waals surface area contributed by atoms with E-state index in [9.17, 15) is 0 Å². The third-order valence-corrected chi connectivity index (χ3v) is 3.72. The van der Waals surface area contributed by atoms with E-state index in [0.29, 0.717) is 5.82 Å². The summed E-state index contributed by atoms with van der Waals surface area (Å²) < 4.78 is 2.88. The molecule has 0 aromatic carbocycles. The molecule has 1 atom stereocenters. The number of hydrogen-bond donors (Lipinski definition) is 2. The predicted molar refractivity (Wildman–Crippen MR) is 67.3 cm³/mol. The Balaban J connectivity index is 1.89. The molecule has 0 aliphatic heterocycles.